The van der Waals surface area contributed by atoms with Crippen LogP contribution in [-0.2, 0) is 14.8 Å². The van der Waals surface area contributed by atoms with Gasteiger partial charge >= 0.3 is 0 Å². The Bertz CT molecular complexity index is 589. The van der Waals surface area contributed by atoms with Gasteiger partial charge in [0.15, 0.2) is 0 Å². The largest absolute Gasteiger partial charge is 0.379 e. The van der Waals surface area contributed by atoms with Gasteiger partial charge in [-0.25, -0.2) is 12.8 Å². The number of nitrogens with zero attached hydrogens (tertiary/aromatic N) is 2. The van der Waals surface area contributed by atoms with E-state index < -0.39 is 15.7 Å². The van der Waals surface area contributed by atoms with Gasteiger partial charge in [0.1, 0.15) is 5.67 Å². The minimum atomic E-state index is -3.63. The minimum absolute atomic E-state index is 0.155. The lowest BCUT2D eigenvalue weighted by Crippen LogP contribution is -2.58. The van der Waals surface area contributed by atoms with Crippen LogP contribution in [0.2, 0.25) is 0 Å². The summed E-state index contributed by atoms with van der Waals surface area (Å²) < 4.78 is 46.2. The van der Waals surface area contributed by atoms with Crippen molar-refractivity contribution in [2.24, 2.45) is 0 Å². The molecule has 2 rings (SSSR count). The second-order valence-electron chi connectivity index (χ2n) is 5.96. The summed E-state index contributed by atoms with van der Waals surface area (Å²) in [5.74, 6) is 0. The molecule has 2 aliphatic heterocycles. The maximum Gasteiger partial charge on any atom is 0.243 e. The Balaban J connectivity index is 0.00000151. The van der Waals surface area contributed by atoms with E-state index in [4.69, 9.17) is 4.74 Å². The fraction of sp³-hybridized carbons (Fsp3) is 0.667. The number of sulfonamides is 1. The van der Waals surface area contributed by atoms with Crippen molar-refractivity contribution in [3.05, 3.63) is 35.8 Å². The van der Waals surface area contributed by atoms with E-state index in [2.05, 4.69) is 13.2 Å². The van der Waals surface area contributed by atoms with Crippen LogP contribution >= 0.6 is 0 Å². The summed E-state index contributed by atoms with van der Waals surface area (Å²) in [6, 6.07) is 0. The summed E-state index contributed by atoms with van der Waals surface area (Å²) in [5.41, 5.74) is -0.589. The van der Waals surface area contributed by atoms with Gasteiger partial charge in [0.25, 0.3) is 0 Å². The molecule has 5 nitrogen and oxygen atoms in total. The number of likely N-dealkylation sites (tertiary alicyclic amines) is 1. The molecule has 2 saturated heterocycles. The first-order valence-electron chi connectivity index (χ1n) is 8.83. The molecule has 0 spiro atoms. The third-order valence-electron chi connectivity index (χ3n) is 4.38. The topological polar surface area (TPSA) is 49.9 Å². The number of morpholine rings is 1. The van der Waals surface area contributed by atoms with E-state index in [1.54, 1.807) is 0 Å². The van der Waals surface area contributed by atoms with Crippen LogP contribution in [0.15, 0.2) is 35.8 Å². The van der Waals surface area contributed by atoms with Gasteiger partial charge < -0.3 is 4.74 Å². The molecule has 144 valence electrons. The maximum atomic E-state index is 14.0. The molecule has 0 amide bonds. The quantitative estimate of drug-likeness (QED) is 0.643. The van der Waals surface area contributed by atoms with Gasteiger partial charge in [-0.2, -0.15) is 4.31 Å². The molecule has 0 aliphatic carbocycles. The van der Waals surface area contributed by atoms with Gasteiger partial charge in [-0.1, -0.05) is 40.0 Å². The zero-order valence-electron chi connectivity index (χ0n) is 15.6. The molecule has 0 unspecified atom stereocenters. The summed E-state index contributed by atoms with van der Waals surface area (Å²) >= 11 is 0. The van der Waals surface area contributed by atoms with Crippen LogP contribution < -0.4 is 0 Å². The Morgan fingerprint density at radius 2 is 1.76 bits per heavy atom. The van der Waals surface area contributed by atoms with E-state index in [-0.39, 0.29) is 4.91 Å². The van der Waals surface area contributed by atoms with E-state index in [0.29, 0.717) is 57.9 Å². The molecule has 0 saturated carbocycles. The number of alkyl halides is 1. The molecule has 0 aromatic carbocycles. The molecule has 0 radical (unpaired) electrons. The highest BCUT2D eigenvalue weighted by Gasteiger charge is 2.42. The highest BCUT2D eigenvalue weighted by Crippen LogP contribution is 2.30. The molecule has 2 heterocycles. The molecule has 0 N–H and O–H groups in total. The zero-order chi connectivity index (χ0) is 19.1. The molecule has 0 atom stereocenters. The van der Waals surface area contributed by atoms with Crippen molar-refractivity contribution in [3.8, 4) is 0 Å². The van der Waals surface area contributed by atoms with Crippen molar-refractivity contribution in [2.75, 3.05) is 45.9 Å². The van der Waals surface area contributed by atoms with Gasteiger partial charge in [0.05, 0.1) is 18.1 Å². The molecule has 2 fully saturated rings. The van der Waals surface area contributed by atoms with Crippen LogP contribution in [0.5, 0.6) is 0 Å². The fourth-order valence-electron chi connectivity index (χ4n) is 2.90. The van der Waals surface area contributed by atoms with Gasteiger partial charge in [-0.3, -0.25) is 4.90 Å². The van der Waals surface area contributed by atoms with Crippen LogP contribution in [0.3, 0.4) is 0 Å². The molecule has 0 bridgehead atoms. The molecular formula is C18H31FN2O3S. The average Bonchev–Trinajstić information content (AvgIpc) is 2.61. The summed E-state index contributed by atoms with van der Waals surface area (Å²) in [6.45, 7) is 15.6. The summed E-state index contributed by atoms with van der Waals surface area (Å²) in [5, 5.41) is 0. The van der Waals surface area contributed by atoms with Crippen LogP contribution in [0, 0.1) is 0 Å². The number of allylic oxidation sites excluding steroid dienone is 1. The fourth-order valence-corrected chi connectivity index (χ4v) is 4.50. The second kappa shape index (κ2) is 9.62. The van der Waals surface area contributed by atoms with E-state index in [1.165, 1.54) is 16.5 Å². The molecule has 2 aliphatic rings. The van der Waals surface area contributed by atoms with Crippen molar-refractivity contribution >= 4 is 10.0 Å². The number of halogens is 1. The van der Waals surface area contributed by atoms with E-state index >= 15 is 0 Å². The van der Waals surface area contributed by atoms with Crippen LogP contribution in [0.1, 0.15) is 27.2 Å². The summed E-state index contributed by atoms with van der Waals surface area (Å²) in [7, 11) is -3.63. The predicted octanol–water partition coefficient (Wildman–Crippen LogP) is 2.73. The SMILES string of the molecule is C=C/C(CN1CC(F)(CC)C1)=C(\C=C)S(=O)(=O)N1CCOCC1.CC. The Kier molecular flexibility index (Phi) is 8.47. The Hall–Kier alpha value is -1.02. The molecule has 0 aromatic rings. The summed E-state index contributed by atoms with van der Waals surface area (Å²) in [4.78, 5) is 2.04. The third-order valence-corrected chi connectivity index (χ3v) is 6.41. The van der Waals surface area contributed by atoms with Crippen LogP contribution in [0.25, 0.3) is 0 Å². The van der Waals surface area contributed by atoms with Crippen molar-refractivity contribution in [2.45, 2.75) is 32.9 Å². The van der Waals surface area contributed by atoms with Crippen molar-refractivity contribution in [1.29, 1.82) is 0 Å². The standard InChI is InChI=1S/C16H25FN2O3S.C2H6/c1-4-14(11-18-12-16(17,6-3)13-18)15(5-2)23(20,21)19-7-9-22-10-8-19;1-2/h4-5H,1-2,6-13H2,3H3;1-2H3/b15-14-;. The Morgan fingerprint density at radius 1 is 1.20 bits per heavy atom. The maximum absolute atomic E-state index is 14.0. The van der Waals surface area contributed by atoms with Crippen LogP contribution in [-0.4, -0.2) is 69.2 Å². The number of hydrogen-bond donors (Lipinski definition) is 0. The van der Waals surface area contributed by atoms with Gasteiger partial charge in [0.2, 0.25) is 10.0 Å². The minimum Gasteiger partial charge on any atom is -0.379 e. The second-order valence-corrected chi connectivity index (χ2v) is 7.87. The normalized spacial score (nSPS) is 22.1. The number of hydrogen-bond acceptors (Lipinski definition) is 4. The van der Waals surface area contributed by atoms with Gasteiger partial charge in [-0.15, -0.1) is 0 Å². The van der Waals surface area contributed by atoms with E-state index in [9.17, 15) is 12.8 Å². The first-order chi connectivity index (χ1) is 11.9. The number of ether oxygens (including phenoxy) is 1. The zero-order valence-corrected chi connectivity index (χ0v) is 16.4. The first kappa shape index (κ1) is 22.0. The van der Waals surface area contributed by atoms with Gasteiger partial charge in [-0.05, 0) is 18.1 Å². The molecule has 0 aromatic heterocycles. The average molecular weight is 375 g/mol. The lowest BCUT2D eigenvalue weighted by molar-refractivity contribution is -0.0282. The highest BCUT2D eigenvalue weighted by molar-refractivity contribution is 7.93. The van der Waals surface area contributed by atoms with Crippen molar-refractivity contribution in [1.82, 2.24) is 9.21 Å². The van der Waals surface area contributed by atoms with Crippen LogP contribution in [0.4, 0.5) is 4.39 Å². The lowest BCUT2D eigenvalue weighted by atomic mass is 9.93. The third kappa shape index (κ3) is 5.23. The summed E-state index contributed by atoms with van der Waals surface area (Å²) in [6.07, 6.45) is 3.35. The Morgan fingerprint density at radius 3 is 2.20 bits per heavy atom. The van der Waals surface area contributed by atoms with E-state index in [1.807, 2.05) is 25.7 Å². The van der Waals surface area contributed by atoms with Crippen molar-refractivity contribution in [3.63, 3.8) is 0 Å². The predicted molar refractivity (Wildman–Crippen MR) is 101 cm³/mol. The molecule has 25 heavy (non-hydrogen) atoms. The molecule has 7 heteroatoms. The monoisotopic (exact) mass is 374 g/mol. The lowest BCUT2D eigenvalue weighted by Gasteiger charge is -2.44. The van der Waals surface area contributed by atoms with Crippen molar-refractivity contribution < 1.29 is 17.5 Å². The highest BCUT2D eigenvalue weighted by atomic mass is 32.2. The smallest absolute Gasteiger partial charge is 0.243 e. The molecular weight excluding hydrogens is 343 g/mol. The Labute approximate surface area is 151 Å². The number of rotatable bonds is 7. The van der Waals surface area contributed by atoms with E-state index in [0.717, 1.165) is 0 Å². The van der Waals surface area contributed by atoms with Gasteiger partial charge in [0, 0.05) is 32.7 Å². The first-order valence-corrected chi connectivity index (χ1v) is 10.3.